The number of benzene rings is 1. The van der Waals surface area contributed by atoms with E-state index in [4.69, 9.17) is 0 Å². The summed E-state index contributed by atoms with van der Waals surface area (Å²) in [5.74, 6) is 0.682. The Kier molecular flexibility index (Phi) is 5.41. The van der Waals surface area contributed by atoms with Crippen molar-refractivity contribution in [2.45, 2.75) is 25.7 Å². The molecule has 5 heteroatoms. The summed E-state index contributed by atoms with van der Waals surface area (Å²) in [6.45, 7) is 3.43. The Bertz CT molecular complexity index is 564. The minimum atomic E-state index is -0.213. The first kappa shape index (κ1) is 16.1. The minimum Gasteiger partial charge on any atom is -0.339 e. The van der Waals surface area contributed by atoms with E-state index in [2.05, 4.69) is 16.9 Å². The molecule has 23 heavy (non-hydrogen) atoms. The van der Waals surface area contributed by atoms with E-state index in [1.54, 1.807) is 0 Å². The highest BCUT2D eigenvalue weighted by Gasteiger charge is 2.19. The first-order chi connectivity index (χ1) is 11.2. The van der Waals surface area contributed by atoms with E-state index < -0.39 is 0 Å². The SMILES string of the molecule is O=C(CCCC1CNNC1)N1CC=C(c2ccc(F)cc2)CC1. The van der Waals surface area contributed by atoms with E-state index in [0.717, 1.165) is 44.5 Å². The number of amides is 1. The van der Waals surface area contributed by atoms with E-state index in [-0.39, 0.29) is 11.7 Å². The summed E-state index contributed by atoms with van der Waals surface area (Å²) in [5, 5.41) is 0. The Morgan fingerprint density at radius 1 is 1.22 bits per heavy atom. The second kappa shape index (κ2) is 7.70. The van der Waals surface area contributed by atoms with Crippen LogP contribution in [-0.4, -0.2) is 37.0 Å². The zero-order valence-electron chi connectivity index (χ0n) is 13.4. The van der Waals surface area contributed by atoms with Crippen molar-refractivity contribution in [1.82, 2.24) is 15.8 Å². The molecule has 1 saturated heterocycles. The topological polar surface area (TPSA) is 44.4 Å². The second-order valence-electron chi connectivity index (χ2n) is 6.35. The van der Waals surface area contributed by atoms with E-state index >= 15 is 0 Å². The molecule has 0 aliphatic carbocycles. The number of rotatable bonds is 5. The lowest BCUT2D eigenvalue weighted by Crippen LogP contribution is -2.34. The van der Waals surface area contributed by atoms with E-state index in [9.17, 15) is 9.18 Å². The molecule has 4 nitrogen and oxygen atoms in total. The number of hydrogen-bond acceptors (Lipinski definition) is 3. The maximum Gasteiger partial charge on any atom is 0.222 e. The molecule has 0 unspecified atom stereocenters. The summed E-state index contributed by atoms with van der Waals surface area (Å²) in [6.07, 6.45) is 5.62. The average Bonchev–Trinajstić information content (AvgIpc) is 3.09. The Labute approximate surface area is 136 Å². The van der Waals surface area contributed by atoms with E-state index in [1.165, 1.54) is 17.7 Å². The standard InChI is InChI=1S/C18H24FN3O/c19-17-6-4-15(5-7-17)16-8-10-22(11-9-16)18(23)3-1-2-14-12-20-21-13-14/h4-8,14,20-21H,1-3,9-13H2. The molecule has 2 N–H and O–H groups in total. The van der Waals surface area contributed by atoms with Gasteiger partial charge in [-0.05, 0) is 48.4 Å². The van der Waals surface area contributed by atoms with Gasteiger partial charge in [0, 0.05) is 32.6 Å². The summed E-state index contributed by atoms with van der Waals surface area (Å²) in [4.78, 5) is 14.2. The summed E-state index contributed by atoms with van der Waals surface area (Å²) >= 11 is 0. The summed E-state index contributed by atoms with van der Waals surface area (Å²) in [7, 11) is 0. The Morgan fingerprint density at radius 2 is 1.96 bits per heavy atom. The van der Waals surface area contributed by atoms with Gasteiger partial charge >= 0.3 is 0 Å². The average molecular weight is 317 g/mol. The number of carbonyl (C=O) groups is 1. The van der Waals surface area contributed by atoms with Crippen molar-refractivity contribution >= 4 is 11.5 Å². The van der Waals surface area contributed by atoms with Gasteiger partial charge in [-0.2, -0.15) is 0 Å². The van der Waals surface area contributed by atoms with Gasteiger partial charge in [0.2, 0.25) is 5.91 Å². The molecular weight excluding hydrogens is 293 g/mol. The van der Waals surface area contributed by atoms with Crippen LogP contribution < -0.4 is 10.9 Å². The Balaban J connectivity index is 1.45. The first-order valence-corrected chi connectivity index (χ1v) is 8.41. The molecule has 0 atom stereocenters. The van der Waals surface area contributed by atoms with Crippen LogP contribution in [0.15, 0.2) is 30.3 Å². The molecule has 1 fully saturated rings. The molecule has 0 radical (unpaired) electrons. The lowest BCUT2D eigenvalue weighted by Gasteiger charge is -2.27. The highest BCUT2D eigenvalue weighted by atomic mass is 19.1. The molecule has 2 aliphatic heterocycles. The van der Waals surface area contributed by atoms with Gasteiger partial charge in [-0.1, -0.05) is 18.2 Å². The van der Waals surface area contributed by atoms with Gasteiger partial charge in [0.05, 0.1) is 0 Å². The number of hydrogen-bond donors (Lipinski definition) is 2. The molecule has 0 spiro atoms. The predicted molar refractivity (Wildman–Crippen MR) is 88.9 cm³/mol. The quantitative estimate of drug-likeness (QED) is 0.876. The third kappa shape index (κ3) is 4.39. The third-order valence-electron chi connectivity index (χ3n) is 4.69. The van der Waals surface area contributed by atoms with Crippen LogP contribution in [0.5, 0.6) is 0 Å². The van der Waals surface area contributed by atoms with Gasteiger partial charge in [-0.25, -0.2) is 4.39 Å². The number of hydrazine groups is 1. The molecule has 2 heterocycles. The van der Waals surface area contributed by atoms with E-state index in [1.807, 2.05) is 17.0 Å². The minimum absolute atomic E-state index is 0.213. The molecule has 0 aromatic heterocycles. The number of halogens is 1. The van der Waals surface area contributed by atoms with E-state index in [0.29, 0.717) is 18.9 Å². The smallest absolute Gasteiger partial charge is 0.222 e. The van der Waals surface area contributed by atoms with Gasteiger partial charge in [0.1, 0.15) is 5.82 Å². The summed E-state index contributed by atoms with van der Waals surface area (Å²) < 4.78 is 13.0. The van der Waals surface area contributed by atoms with Crippen LogP contribution in [-0.2, 0) is 4.79 Å². The van der Waals surface area contributed by atoms with Crippen molar-refractivity contribution in [1.29, 1.82) is 0 Å². The van der Waals surface area contributed by atoms with Gasteiger partial charge in [-0.15, -0.1) is 0 Å². The Morgan fingerprint density at radius 3 is 2.61 bits per heavy atom. The molecule has 1 amide bonds. The van der Waals surface area contributed by atoms with Crippen molar-refractivity contribution < 1.29 is 9.18 Å². The van der Waals surface area contributed by atoms with Crippen LogP contribution in [0, 0.1) is 11.7 Å². The summed E-state index contributed by atoms with van der Waals surface area (Å²) in [6, 6.07) is 6.59. The van der Waals surface area contributed by atoms with Crippen molar-refractivity contribution in [2.24, 2.45) is 5.92 Å². The van der Waals surface area contributed by atoms with Crippen molar-refractivity contribution in [3.8, 4) is 0 Å². The predicted octanol–water partition coefficient (Wildman–Crippen LogP) is 2.34. The monoisotopic (exact) mass is 317 g/mol. The van der Waals surface area contributed by atoms with Crippen LogP contribution in [0.2, 0.25) is 0 Å². The molecule has 0 bridgehead atoms. The largest absolute Gasteiger partial charge is 0.339 e. The van der Waals surface area contributed by atoms with Crippen molar-refractivity contribution in [3.63, 3.8) is 0 Å². The fourth-order valence-electron chi connectivity index (χ4n) is 3.23. The van der Waals surface area contributed by atoms with Crippen LogP contribution in [0.3, 0.4) is 0 Å². The molecular formula is C18H24FN3O. The van der Waals surface area contributed by atoms with Gasteiger partial charge in [0.25, 0.3) is 0 Å². The molecule has 124 valence electrons. The molecule has 0 saturated carbocycles. The molecule has 2 aliphatic rings. The fraction of sp³-hybridized carbons (Fsp3) is 0.500. The second-order valence-corrected chi connectivity index (χ2v) is 6.35. The maximum atomic E-state index is 13.0. The zero-order chi connectivity index (χ0) is 16.1. The van der Waals surface area contributed by atoms with Gasteiger partial charge in [0.15, 0.2) is 0 Å². The highest BCUT2D eigenvalue weighted by molar-refractivity contribution is 5.78. The van der Waals surface area contributed by atoms with Crippen LogP contribution in [0.1, 0.15) is 31.2 Å². The van der Waals surface area contributed by atoms with Crippen molar-refractivity contribution in [2.75, 3.05) is 26.2 Å². The lowest BCUT2D eigenvalue weighted by atomic mass is 9.99. The number of nitrogens with one attached hydrogen (secondary N) is 2. The van der Waals surface area contributed by atoms with Crippen molar-refractivity contribution in [3.05, 3.63) is 41.7 Å². The summed E-state index contributed by atoms with van der Waals surface area (Å²) in [5.41, 5.74) is 8.50. The number of nitrogens with zero attached hydrogens (tertiary/aromatic N) is 1. The van der Waals surface area contributed by atoms with Crippen LogP contribution in [0.4, 0.5) is 4.39 Å². The van der Waals surface area contributed by atoms with Crippen LogP contribution >= 0.6 is 0 Å². The normalized spacial score (nSPS) is 19.0. The lowest BCUT2D eigenvalue weighted by molar-refractivity contribution is -0.130. The first-order valence-electron chi connectivity index (χ1n) is 8.41. The highest BCUT2D eigenvalue weighted by Crippen LogP contribution is 2.23. The van der Waals surface area contributed by atoms with Gasteiger partial charge in [-0.3, -0.25) is 15.6 Å². The fourth-order valence-corrected chi connectivity index (χ4v) is 3.23. The van der Waals surface area contributed by atoms with Crippen LogP contribution in [0.25, 0.3) is 5.57 Å². The van der Waals surface area contributed by atoms with Gasteiger partial charge < -0.3 is 4.90 Å². The Hall–Kier alpha value is -1.72. The third-order valence-corrected chi connectivity index (χ3v) is 4.69. The molecule has 3 rings (SSSR count). The zero-order valence-corrected chi connectivity index (χ0v) is 13.4. The number of carbonyl (C=O) groups excluding carboxylic acids is 1. The maximum absolute atomic E-state index is 13.0. The molecule has 1 aromatic rings. The molecule has 1 aromatic carbocycles.